The van der Waals surface area contributed by atoms with Gasteiger partial charge in [0, 0.05) is 12.7 Å². The van der Waals surface area contributed by atoms with Crippen molar-refractivity contribution in [3.05, 3.63) is 42.0 Å². The normalized spacial score (nSPS) is 19.5. The van der Waals surface area contributed by atoms with E-state index in [0.717, 1.165) is 30.6 Å². The number of benzene rings is 1. The quantitative estimate of drug-likeness (QED) is 0.569. The molecule has 5 nitrogen and oxygen atoms in total. The first kappa shape index (κ1) is 17.5. The predicted molar refractivity (Wildman–Crippen MR) is 86.2 cm³/mol. The Bertz CT molecular complexity index is 503. The highest BCUT2D eigenvalue weighted by Gasteiger charge is 2.20. The molecule has 1 aromatic rings. The van der Waals surface area contributed by atoms with Crippen LogP contribution in [0.4, 0.5) is 0 Å². The summed E-state index contributed by atoms with van der Waals surface area (Å²) in [6.07, 6.45) is 5.50. The van der Waals surface area contributed by atoms with Crippen molar-refractivity contribution in [3.63, 3.8) is 0 Å². The molecule has 1 saturated heterocycles. The summed E-state index contributed by atoms with van der Waals surface area (Å²) in [7, 11) is 1.62. The Labute approximate surface area is 137 Å². The third-order valence-electron chi connectivity index (χ3n) is 3.57. The van der Waals surface area contributed by atoms with Crippen molar-refractivity contribution in [3.8, 4) is 5.75 Å². The van der Waals surface area contributed by atoms with E-state index in [4.69, 9.17) is 18.9 Å². The standard InChI is InChI=1S/C18H24O5/c1-3-21-17(19)12-11-16(23-18-6-4-5-13-22-18)14-7-9-15(20-2)10-8-14/h7-12,16,18H,3-6,13H2,1-2H3/b12-11+/t16-,18?/m0/s1. The average molecular weight is 320 g/mol. The summed E-state index contributed by atoms with van der Waals surface area (Å²) in [5.74, 6) is 0.398. The molecular weight excluding hydrogens is 296 g/mol. The lowest BCUT2D eigenvalue weighted by Gasteiger charge is -2.26. The van der Waals surface area contributed by atoms with Crippen LogP contribution in [0.5, 0.6) is 5.75 Å². The molecule has 0 amide bonds. The van der Waals surface area contributed by atoms with Gasteiger partial charge in [0.2, 0.25) is 0 Å². The van der Waals surface area contributed by atoms with E-state index in [2.05, 4.69) is 0 Å². The Morgan fingerprint density at radius 1 is 1.35 bits per heavy atom. The van der Waals surface area contributed by atoms with Crippen LogP contribution in [0.25, 0.3) is 0 Å². The molecule has 5 heteroatoms. The van der Waals surface area contributed by atoms with Crippen molar-refractivity contribution >= 4 is 5.97 Å². The average Bonchev–Trinajstić information content (AvgIpc) is 2.60. The van der Waals surface area contributed by atoms with Gasteiger partial charge in [-0.3, -0.25) is 0 Å². The van der Waals surface area contributed by atoms with Gasteiger partial charge in [0.25, 0.3) is 0 Å². The second-order valence-corrected chi connectivity index (χ2v) is 5.24. The fourth-order valence-electron chi connectivity index (χ4n) is 2.37. The number of rotatable bonds is 7. The van der Waals surface area contributed by atoms with Gasteiger partial charge in [0.1, 0.15) is 11.9 Å². The molecular formula is C18H24O5. The Kier molecular flexibility index (Phi) is 7.10. The van der Waals surface area contributed by atoms with E-state index in [0.29, 0.717) is 13.2 Å². The highest BCUT2D eigenvalue weighted by atomic mass is 16.7. The lowest BCUT2D eigenvalue weighted by Crippen LogP contribution is -2.24. The van der Waals surface area contributed by atoms with Gasteiger partial charge in [-0.2, -0.15) is 0 Å². The molecule has 1 aliphatic heterocycles. The Morgan fingerprint density at radius 3 is 2.74 bits per heavy atom. The van der Waals surface area contributed by atoms with E-state index in [-0.39, 0.29) is 18.4 Å². The summed E-state index contributed by atoms with van der Waals surface area (Å²) in [4.78, 5) is 11.6. The number of hydrogen-bond acceptors (Lipinski definition) is 5. The molecule has 1 fully saturated rings. The van der Waals surface area contributed by atoms with E-state index in [1.54, 1.807) is 20.1 Å². The largest absolute Gasteiger partial charge is 0.497 e. The van der Waals surface area contributed by atoms with Crippen molar-refractivity contribution in [2.45, 2.75) is 38.6 Å². The molecule has 0 radical (unpaired) electrons. The fourth-order valence-corrected chi connectivity index (χ4v) is 2.37. The van der Waals surface area contributed by atoms with E-state index >= 15 is 0 Å². The van der Waals surface area contributed by atoms with Crippen molar-refractivity contribution in [1.82, 2.24) is 0 Å². The van der Waals surface area contributed by atoms with Crippen LogP contribution in [-0.2, 0) is 19.0 Å². The van der Waals surface area contributed by atoms with E-state index in [9.17, 15) is 4.79 Å². The van der Waals surface area contributed by atoms with Gasteiger partial charge in [0.05, 0.1) is 13.7 Å². The minimum Gasteiger partial charge on any atom is -0.497 e. The van der Waals surface area contributed by atoms with Gasteiger partial charge in [-0.1, -0.05) is 12.1 Å². The first-order chi connectivity index (χ1) is 11.2. The summed E-state index contributed by atoms with van der Waals surface area (Å²) >= 11 is 0. The monoisotopic (exact) mass is 320 g/mol. The molecule has 2 atom stereocenters. The zero-order valence-corrected chi connectivity index (χ0v) is 13.7. The van der Waals surface area contributed by atoms with E-state index in [1.807, 2.05) is 24.3 Å². The molecule has 0 aromatic heterocycles. The highest BCUT2D eigenvalue weighted by molar-refractivity contribution is 5.82. The van der Waals surface area contributed by atoms with E-state index in [1.165, 1.54) is 6.08 Å². The minimum absolute atomic E-state index is 0.248. The number of esters is 1. The van der Waals surface area contributed by atoms with Crippen molar-refractivity contribution in [1.29, 1.82) is 0 Å². The molecule has 1 aliphatic rings. The zero-order valence-electron chi connectivity index (χ0n) is 13.7. The van der Waals surface area contributed by atoms with Crippen LogP contribution in [0.3, 0.4) is 0 Å². The fraction of sp³-hybridized carbons (Fsp3) is 0.500. The molecule has 126 valence electrons. The van der Waals surface area contributed by atoms with Crippen molar-refractivity contribution < 1.29 is 23.7 Å². The van der Waals surface area contributed by atoms with Gasteiger partial charge < -0.3 is 18.9 Å². The summed E-state index contributed by atoms with van der Waals surface area (Å²) in [5, 5.41) is 0. The van der Waals surface area contributed by atoms with Gasteiger partial charge in [-0.05, 0) is 50.0 Å². The van der Waals surface area contributed by atoms with Gasteiger partial charge in [-0.25, -0.2) is 4.79 Å². The zero-order chi connectivity index (χ0) is 16.5. The van der Waals surface area contributed by atoms with Gasteiger partial charge in [0.15, 0.2) is 6.29 Å². The third kappa shape index (κ3) is 5.69. The minimum atomic E-state index is -0.376. The van der Waals surface area contributed by atoms with Gasteiger partial charge >= 0.3 is 5.97 Å². The molecule has 0 aliphatic carbocycles. The number of carbonyl (C=O) groups excluding carboxylic acids is 1. The van der Waals surface area contributed by atoms with Crippen molar-refractivity contribution in [2.75, 3.05) is 20.3 Å². The number of methoxy groups -OCH3 is 1. The Morgan fingerprint density at radius 2 is 2.13 bits per heavy atom. The summed E-state index contributed by atoms with van der Waals surface area (Å²) in [6, 6.07) is 7.57. The maximum absolute atomic E-state index is 11.6. The van der Waals surface area contributed by atoms with E-state index < -0.39 is 0 Å². The van der Waals surface area contributed by atoms with Crippen LogP contribution in [0.15, 0.2) is 36.4 Å². The smallest absolute Gasteiger partial charge is 0.330 e. The lowest BCUT2D eigenvalue weighted by atomic mass is 10.1. The molecule has 1 heterocycles. The molecule has 2 rings (SSSR count). The molecule has 1 unspecified atom stereocenters. The summed E-state index contributed by atoms with van der Waals surface area (Å²) in [6.45, 7) is 2.84. The topological polar surface area (TPSA) is 54.0 Å². The second kappa shape index (κ2) is 9.33. The Hall–Kier alpha value is -1.85. The summed E-state index contributed by atoms with van der Waals surface area (Å²) < 4.78 is 21.7. The van der Waals surface area contributed by atoms with Crippen LogP contribution in [0, 0.1) is 0 Å². The summed E-state index contributed by atoms with van der Waals surface area (Å²) in [5.41, 5.74) is 0.931. The molecule has 0 N–H and O–H groups in total. The third-order valence-corrected chi connectivity index (χ3v) is 3.57. The van der Waals surface area contributed by atoms with Crippen LogP contribution in [-0.4, -0.2) is 32.6 Å². The number of carbonyl (C=O) groups is 1. The van der Waals surface area contributed by atoms with Crippen LogP contribution >= 0.6 is 0 Å². The molecule has 0 saturated carbocycles. The molecule has 0 bridgehead atoms. The number of ether oxygens (including phenoxy) is 4. The maximum atomic E-state index is 11.6. The Balaban J connectivity index is 2.09. The molecule has 1 aromatic carbocycles. The highest BCUT2D eigenvalue weighted by Crippen LogP contribution is 2.26. The first-order valence-electron chi connectivity index (χ1n) is 7.99. The first-order valence-corrected chi connectivity index (χ1v) is 7.99. The van der Waals surface area contributed by atoms with Crippen LogP contribution in [0.2, 0.25) is 0 Å². The van der Waals surface area contributed by atoms with Gasteiger partial charge in [-0.15, -0.1) is 0 Å². The molecule has 23 heavy (non-hydrogen) atoms. The SMILES string of the molecule is CCOC(=O)/C=C/[C@H](OC1CCCCO1)c1ccc(OC)cc1. The molecule has 0 spiro atoms. The number of hydrogen-bond donors (Lipinski definition) is 0. The van der Waals surface area contributed by atoms with Crippen molar-refractivity contribution in [2.24, 2.45) is 0 Å². The predicted octanol–water partition coefficient (Wildman–Crippen LogP) is 3.40. The second-order valence-electron chi connectivity index (χ2n) is 5.24. The maximum Gasteiger partial charge on any atom is 0.330 e. The lowest BCUT2D eigenvalue weighted by molar-refractivity contribution is -0.180. The van der Waals surface area contributed by atoms with Crippen LogP contribution < -0.4 is 4.74 Å². The van der Waals surface area contributed by atoms with Crippen LogP contribution in [0.1, 0.15) is 37.9 Å².